The first-order valence-corrected chi connectivity index (χ1v) is 6.27. The van der Waals surface area contributed by atoms with E-state index in [1.165, 1.54) is 18.2 Å². The topological polar surface area (TPSA) is 60.2 Å². The second-order valence-corrected chi connectivity index (χ2v) is 5.13. The van der Waals surface area contributed by atoms with Crippen molar-refractivity contribution in [1.82, 2.24) is 15.5 Å². The molecule has 0 spiro atoms. The van der Waals surface area contributed by atoms with Gasteiger partial charge < -0.3 is 14.6 Å². The maximum atomic E-state index is 12.4. The third kappa shape index (κ3) is 3.17. The summed E-state index contributed by atoms with van der Waals surface area (Å²) in [7, 11) is 0. The molecule has 22 heavy (non-hydrogen) atoms. The van der Waals surface area contributed by atoms with Gasteiger partial charge in [-0.25, -0.2) is 0 Å². The van der Waals surface area contributed by atoms with Crippen molar-refractivity contribution in [2.24, 2.45) is 0 Å². The highest BCUT2D eigenvalue weighted by atomic mass is 35.5. The standard InChI is InChI=1S/C13H12F3N3O2.ClH/c1-12(6-17-7-12)11-18-10(19-21-11)8-4-2-3-5-9(8)20-13(14,15)16;/h2-5,17H,6-7H2,1H3;1H. The van der Waals surface area contributed by atoms with Gasteiger partial charge in [0.05, 0.1) is 11.0 Å². The molecule has 0 saturated carbocycles. The van der Waals surface area contributed by atoms with Crippen molar-refractivity contribution >= 4 is 12.4 Å². The van der Waals surface area contributed by atoms with E-state index in [0.717, 1.165) is 0 Å². The highest BCUT2D eigenvalue weighted by molar-refractivity contribution is 5.85. The monoisotopic (exact) mass is 335 g/mol. The highest BCUT2D eigenvalue weighted by Crippen LogP contribution is 2.34. The maximum Gasteiger partial charge on any atom is 0.573 e. The van der Waals surface area contributed by atoms with Crippen molar-refractivity contribution in [3.63, 3.8) is 0 Å². The second kappa shape index (κ2) is 5.77. The van der Waals surface area contributed by atoms with Crippen LogP contribution >= 0.6 is 12.4 Å². The first kappa shape index (κ1) is 16.6. The summed E-state index contributed by atoms with van der Waals surface area (Å²) in [4.78, 5) is 4.20. The van der Waals surface area contributed by atoms with E-state index in [2.05, 4.69) is 20.2 Å². The molecule has 1 aliphatic heterocycles. The number of hydrogen-bond acceptors (Lipinski definition) is 5. The van der Waals surface area contributed by atoms with E-state index >= 15 is 0 Å². The Morgan fingerprint density at radius 2 is 1.95 bits per heavy atom. The number of hydrogen-bond donors (Lipinski definition) is 1. The van der Waals surface area contributed by atoms with Crippen LogP contribution in [0.5, 0.6) is 5.75 Å². The SMILES string of the molecule is CC1(c2nc(-c3ccccc3OC(F)(F)F)no2)CNC1.Cl. The largest absolute Gasteiger partial charge is 0.573 e. The minimum Gasteiger partial charge on any atom is -0.405 e. The number of benzene rings is 1. The smallest absolute Gasteiger partial charge is 0.405 e. The molecule has 0 bridgehead atoms. The zero-order valence-electron chi connectivity index (χ0n) is 11.5. The van der Waals surface area contributed by atoms with Gasteiger partial charge in [0.15, 0.2) is 0 Å². The van der Waals surface area contributed by atoms with Crippen molar-refractivity contribution in [2.75, 3.05) is 13.1 Å². The van der Waals surface area contributed by atoms with Gasteiger partial charge in [-0.2, -0.15) is 4.98 Å². The van der Waals surface area contributed by atoms with Gasteiger partial charge in [0.1, 0.15) is 5.75 Å². The van der Waals surface area contributed by atoms with Crippen molar-refractivity contribution in [2.45, 2.75) is 18.7 Å². The molecule has 0 atom stereocenters. The molecule has 0 amide bonds. The summed E-state index contributed by atoms with van der Waals surface area (Å²) >= 11 is 0. The van der Waals surface area contributed by atoms with E-state index in [0.29, 0.717) is 19.0 Å². The molecule has 3 rings (SSSR count). The van der Waals surface area contributed by atoms with Crippen LogP contribution in [0.4, 0.5) is 13.2 Å². The van der Waals surface area contributed by atoms with Gasteiger partial charge in [0.2, 0.25) is 11.7 Å². The minimum atomic E-state index is -4.77. The van der Waals surface area contributed by atoms with Crippen LogP contribution in [-0.2, 0) is 5.41 Å². The minimum absolute atomic E-state index is 0. The molecule has 1 aliphatic rings. The summed E-state index contributed by atoms with van der Waals surface area (Å²) in [5.74, 6) is 0.130. The van der Waals surface area contributed by atoms with Crippen LogP contribution in [0.15, 0.2) is 28.8 Å². The van der Waals surface area contributed by atoms with Crippen molar-refractivity contribution in [1.29, 1.82) is 0 Å². The molecular formula is C13H13ClF3N3O2. The van der Waals surface area contributed by atoms with Gasteiger partial charge in [0, 0.05) is 13.1 Å². The van der Waals surface area contributed by atoms with Crippen LogP contribution in [0.1, 0.15) is 12.8 Å². The van der Waals surface area contributed by atoms with Crippen LogP contribution in [-0.4, -0.2) is 29.6 Å². The average molecular weight is 336 g/mol. The molecule has 120 valence electrons. The van der Waals surface area contributed by atoms with Gasteiger partial charge >= 0.3 is 6.36 Å². The molecule has 2 aromatic rings. The number of nitrogens with zero attached hydrogens (tertiary/aromatic N) is 2. The fourth-order valence-electron chi connectivity index (χ4n) is 2.09. The Bertz CT molecular complexity index is 656. The normalized spacial score (nSPS) is 16.5. The number of rotatable bonds is 3. The molecule has 9 heteroatoms. The van der Waals surface area contributed by atoms with Crippen LogP contribution in [0.25, 0.3) is 11.4 Å². The number of alkyl halides is 3. The van der Waals surface area contributed by atoms with Crippen LogP contribution in [0.2, 0.25) is 0 Å². The quantitative estimate of drug-likeness (QED) is 0.934. The van der Waals surface area contributed by atoms with Gasteiger partial charge in [-0.1, -0.05) is 17.3 Å². The lowest BCUT2D eigenvalue weighted by molar-refractivity contribution is -0.274. The lowest BCUT2D eigenvalue weighted by Crippen LogP contribution is -2.54. The van der Waals surface area contributed by atoms with E-state index in [1.54, 1.807) is 6.07 Å². The van der Waals surface area contributed by atoms with Crippen LogP contribution in [0, 0.1) is 0 Å². The summed E-state index contributed by atoms with van der Waals surface area (Å²) < 4.78 is 46.4. The lowest BCUT2D eigenvalue weighted by Gasteiger charge is -2.35. The third-order valence-electron chi connectivity index (χ3n) is 3.33. The Morgan fingerprint density at radius 1 is 1.27 bits per heavy atom. The van der Waals surface area contributed by atoms with E-state index in [-0.39, 0.29) is 35.0 Å². The first-order chi connectivity index (χ1) is 9.87. The highest BCUT2D eigenvalue weighted by Gasteiger charge is 2.39. The number of halogens is 4. The van der Waals surface area contributed by atoms with E-state index in [9.17, 15) is 13.2 Å². The first-order valence-electron chi connectivity index (χ1n) is 6.27. The Balaban J connectivity index is 0.00000176. The summed E-state index contributed by atoms with van der Waals surface area (Å²) in [5, 5.41) is 6.85. The average Bonchev–Trinajstić information content (AvgIpc) is 2.84. The lowest BCUT2D eigenvalue weighted by atomic mass is 9.84. The van der Waals surface area contributed by atoms with Crippen molar-refractivity contribution in [3.8, 4) is 17.1 Å². The Morgan fingerprint density at radius 3 is 2.55 bits per heavy atom. The Labute approximate surface area is 130 Å². The summed E-state index contributed by atoms with van der Waals surface area (Å²) in [5.41, 5.74) is -0.133. The van der Waals surface area contributed by atoms with Crippen LogP contribution in [0.3, 0.4) is 0 Å². The van der Waals surface area contributed by atoms with Crippen LogP contribution < -0.4 is 10.1 Å². The predicted molar refractivity (Wildman–Crippen MR) is 73.9 cm³/mol. The molecule has 5 nitrogen and oxygen atoms in total. The van der Waals surface area contributed by atoms with Gasteiger partial charge in [-0.05, 0) is 19.1 Å². The number of ether oxygens (including phenoxy) is 1. The maximum absolute atomic E-state index is 12.4. The van der Waals surface area contributed by atoms with Gasteiger partial charge in [-0.3, -0.25) is 0 Å². The number of aromatic nitrogens is 2. The molecule has 0 unspecified atom stereocenters. The van der Waals surface area contributed by atoms with E-state index in [1.807, 2.05) is 6.92 Å². The molecular weight excluding hydrogens is 323 g/mol. The summed E-state index contributed by atoms with van der Waals surface area (Å²) in [6.07, 6.45) is -4.77. The Kier molecular flexibility index (Phi) is 4.35. The van der Waals surface area contributed by atoms with E-state index in [4.69, 9.17) is 4.52 Å². The summed E-state index contributed by atoms with van der Waals surface area (Å²) in [6.45, 7) is 3.32. The molecule has 0 radical (unpaired) electrons. The molecule has 2 heterocycles. The number of nitrogens with one attached hydrogen (secondary N) is 1. The third-order valence-corrected chi connectivity index (χ3v) is 3.33. The van der Waals surface area contributed by atoms with E-state index < -0.39 is 6.36 Å². The van der Waals surface area contributed by atoms with Gasteiger partial charge in [-0.15, -0.1) is 25.6 Å². The Hall–Kier alpha value is -1.80. The molecule has 1 N–H and O–H groups in total. The van der Waals surface area contributed by atoms with Crippen molar-refractivity contribution in [3.05, 3.63) is 30.2 Å². The molecule has 1 fully saturated rings. The zero-order valence-corrected chi connectivity index (χ0v) is 12.3. The van der Waals surface area contributed by atoms with Gasteiger partial charge in [0.25, 0.3) is 0 Å². The molecule has 0 aliphatic carbocycles. The molecule has 1 aromatic heterocycles. The predicted octanol–water partition coefficient (Wildman–Crippen LogP) is 2.92. The summed E-state index contributed by atoms with van der Waals surface area (Å²) in [6, 6.07) is 5.70. The number of para-hydroxylation sites is 1. The van der Waals surface area contributed by atoms with Crippen molar-refractivity contribution < 1.29 is 22.4 Å². The molecule has 1 saturated heterocycles. The molecule has 1 aromatic carbocycles. The second-order valence-electron chi connectivity index (χ2n) is 5.13. The fraction of sp³-hybridized carbons (Fsp3) is 0.385. The zero-order chi connectivity index (χ0) is 15.1. The fourth-order valence-corrected chi connectivity index (χ4v) is 2.09.